The van der Waals surface area contributed by atoms with E-state index in [0.717, 1.165) is 45.6 Å². The Bertz CT molecular complexity index is 1350. The third-order valence-corrected chi connectivity index (χ3v) is 5.61. The third kappa shape index (κ3) is 4.41. The van der Waals surface area contributed by atoms with Crippen LogP contribution in [0, 0.1) is 32.4 Å². The number of carbonyl (C=O) groups is 1. The molecule has 1 amide bonds. The van der Waals surface area contributed by atoms with E-state index in [1.54, 1.807) is 4.68 Å². The molecule has 2 heterocycles. The second-order valence-electron chi connectivity index (χ2n) is 7.93. The zero-order valence-corrected chi connectivity index (χ0v) is 18.9. The van der Waals surface area contributed by atoms with Crippen molar-refractivity contribution >= 4 is 22.6 Å². The van der Waals surface area contributed by atoms with Gasteiger partial charge in [0, 0.05) is 29.1 Å². The molecule has 2 aromatic carbocycles. The standard InChI is InChI=1S/C25H24F2N4O2/c1-14-5-8-18(9-6-14)31-24-23(16(3)30-31)15(2)19(25(29-24)33-4)10-12-22(32)28-17-7-11-20(26)21(27)13-17/h5-9,11,13H,10,12H2,1-4H3,(H,28,32). The van der Waals surface area contributed by atoms with Gasteiger partial charge >= 0.3 is 0 Å². The number of hydrogen-bond donors (Lipinski definition) is 1. The molecule has 4 aromatic rings. The molecule has 0 saturated heterocycles. The Hall–Kier alpha value is -3.81. The highest BCUT2D eigenvalue weighted by Gasteiger charge is 2.20. The maximum atomic E-state index is 13.4. The fourth-order valence-electron chi connectivity index (χ4n) is 3.90. The molecule has 33 heavy (non-hydrogen) atoms. The van der Waals surface area contributed by atoms with Crippen LogP contribution in [0.1, 0.15) is 28.8 Å². The van der Waals surface area contributed by atoms with Crippen LogP contribution in [0.15, 0.2) is 42.5 Å². The SMILES string of the molecule is COc1nc2c(c(C)nn2-c2ccc(C)cc2)c(C)c1CCC(=O)Nc1ccc(F)c(F)c1. The van der Waals surface area contributed by atoms with Gasteiger partial charge in [-0.15, -0.1) is 0 Å². The molecule has 1 N–H and O–H groups in total. The van der Waals surface area contributed by atoms with Crippen LogP contribution in [0.3, 0.4) is 0 Å². The summed E-state index contributed by atoms with van der Waals surface area (Å²) < 4.78 is 33.9. The predicted molar refractivity (Wildman–Crippen MR) is 123 cm³/mol. The van der Waals surface area contributed by atoms with Crippen molar-refractivity contribution in [1.29, 1.82) is 0 Å². The summed E-state index contributed by atoms with van der Waals surface area (Å²) in [7, 11) is 1.54. The van der Waals surface area contributed by atoms with Crippen molar-refractivity contribution in [3.8, 4) is 11.6 Å². The molecular formula is C25H24F2N4O2. The summed E-state index contributed by atoms with van der Waals surface area (Å²) in [5.41, 5.74) is 5.49. The molecule has 0 atom stereocenters. The molecule has 2 aromatic heterocycles. The van der Waals surface area contributed by atoms with Gasteiger partial charge in [-0.25, -0.2) is 13.5 Å². The molecule has 0 aliphatic rings. The lowest BCUT2D eigenvalue weighted by atomic mass is 10.0. The van der Waals surface area contributed by atoms with Gasteiger partial charge in [0.2, 0.25) is 11.8 Å². The summed E-state index contributed by atoms with van der Waals surface area (Å²) in [6.07, 6.45) is 0.483. The molecule has 8 heteroatoms. The van der Waals surface area contributed by atoms with E-state index in [9.17, 15) is 13.6 Å². The lowest BCUT2D eigenvalue weighted by Crippen LogP contribution is -2.13. The summed E-state index contributed by atoms with van der Waals surface area (Å²) in [5, 5.41) is 8.19. The average Bonchev–Trinajstić information content (AvgIpc) is 3.12. The number of rotatable bonds is 6. The van der Waals surface area contributed by atoms with Gasteiger partial charge < -0.3 is 10.1 Å². The molecule has 0 aliphatic heterocycles. The van der Waals surface area contributed by atoms with E-state index in [4.69, 9.17) is 9.72 Å². The summed E-state index contributed by atoms with van der Waals surface area (Å²) in [4.78, 5) is 17.1. The first-order valence-electron chi connectivity index (χ1n) is 10.5. The van der Waals surface area contributed by atoms with Crippen molar-refractivity contribution < 1.29 is 18.3 Å². The molecular weight excluding hydrogens is 426 g/mol. The Balaban J connectivity index is 1.63. The van der Waals surface area contributed by atoms with E-state index < -0.39 is 11.6 Å². The van der Waals surface area contributed by atoms with Gasteiger partial charge in [0.1, 0.15) is 0 Å². The first kappa shape index (κ1) is 22.4. The van der Waals surface area contributed by atoms with E-state index in [1.807, 2.05) is 45.0 Å². The summed E-state index contributed by atoms with van der Waals surface area (Å²) >= 11 is 0. The maximum absolute atomic E-state index is 13.4. The third-order valence-electron chi connectivity index (χ3n) is 5.61. The highest BCUT2D eigenvalue weighted by Crippen LogP contribution is 2.32. The monoisotopic (exact) mass is 450 g/mol. The Kier molecular flexibility index (Phi) is 6.09. The van der Waals surface area contributed by atoms with Crippen molar-refractivity contribution in [2.75, 3.05) is 12.4 Å². The molecule has 0 radical (unpaired) electrons. The van der Waals surface area contributed by atoms with Gasteiger partial charge in [0.15, 0.2) is 17.3 Å². The molecule has 170 valence electrons. The minimum absolute atomic E-state index is 0.120. The minimum atomic E-state index is -1.01. The number of aromatic nitrogens is 3. The van der Waals surface area contributed by atoms with Crippen LogP contribution in [0.25, 0.3) is 16.7 Å². The second kappa shape index (κ2) is 8.97. The Labute approximate surface area is 190 Å². The first-order valence-corrected chi connectivity index (χ1v) is 10.5. The number of hydrogen-bond acceptors (Lipinski definition) is 4. The van der Waals surface area contributed by atoms with Crippen LogP contribution in [0.2, 0.25) is 0 Å². The van der Waals surface area contributed by atoms with Crippen molar-refractivity contribution in [3.63, 3.8) is 0 Å². The van der Waals surface area contributed by atoms with Gasteiger partial charge in [-0.1, -0.05) is 17.7 Å². The average molecular weight is 450 g/mol. The van der Waals surface area contributed by atoms with Gasteiger partial charge in [0.05, 0.1) is 18.5 Å². The van der Waals surface area contributed by atoms with Crippen LogP contribution in [-0.4, -0.2) is 27.8 Å². The number of pyridine rings is 1. The lowest BCUT2D eigenvalue weighted by molar-refractivity contribution is -0.116. The van der Waals surface area contributed by atoms with Gasteiger partial charge in [-0.2, -0.15) is 10.1 Å². The zero-order chi connectivity index (χ0) is 23.7. The maximum Gasteiger partial charge on any atom is 0.224 e. The van der Waals surface area contributed by atoms with Crippen LogP contribution in [0.5, 0.6) is 5.88 Å². The molecule has 0 fully saturated rings. The Morgan fingerprint density at radius 2 is 1.79 bits per heavy atom. The normalized spacial score (nSPS) is 11.1. The highest BCUT2D eigenvalue weighted by molar-refractivity contribution is 5.91. The van der Waals surface area contributed by atoms with Crippen LogP contribution < -0.4 is 10.1 Å². The quantitative estimate of drug-likeness (QED) is 0.438. The molecule has 4 rings (SSSR count). The van der Waals surface area contributed by atoms with Crippen molar-refractivity contribution in [2.45, 2.75) is 33.6 Å². The number of nitrogens with zero attached hydrogens (tertiary/aromatic N) is 3. The van der Waals surface area contributed by atoms with E-state index in [-0.39, 0.29) is 18.0 Å². The topological polar surface area (TPSA) is 69.0 Å². The van der Waals surface area contributed by atoms with Gasteiger partial charge in [-0.05, 0) is 57.0 Å². The predicted octanol–water partition coefficient (Wildman–Crippen LogP) is 5.20. The second-order valence-corrected chi connectivity index (χ2v) is 7.93. The lowest BCUT2D eigenvalue weighted by Gasteiger charge is -2.13. The summed E-state index contributed by atoms with van der Waals surface area (Å²) in [6, 6.07) is 11.3. The van der Waals surface area contributed by atoms with Crippen molar-refractivity contribution in [2.24, 2.45) is 0 Å². The largest absolute Gasteiger partial charge is 0.481 e. The van der Waals surface area contributed by atoms with Crippen LogP contribution in [-0.2, 0) is 11.2 Å². The fourth-order valence-corrected chi connectivity index (χ4v) is 3.90. The Morgan fingerprint density at radius 1 is 1.06 bits per heavy atom. The molecule has 0 bridgehead atoms. The number of anilines is 1. The van der Waals surface area contributed by atoms with Gasteiger partial charge in [-0.3, -0.25) is 4.79 Å². The van der Waals surface area contributed by atoms with Crippen molar-refractivity contribution in [1.82, 2.24) is 14.8 Å². The van der Waals surface area contributed by atoms with Crippen LogP contribution >= 0.6 is 0 Å². The zero-order valence-electron chi connectivity index (χ0n) is 18.9. The Morgan fingerprint density at radius 3 is 2.45 bits per heavy atom. The van der Waals surface area contributed by atoms with Gasteiger partial charge in [0.25, 0.3) is 0 Å². The van der Waals surface area contributed by atoms with Crippen molar-refractivity contribution in [3.05, 3.63) is 76.5 Å². The molecule has 0 unspecified atom stereocenters. The van der Waals surface area contributed by atoms with E-state index in [0.29, 0.717) is 17.9 Å². The summed E-state index contributed by atoms with van der Waals surface area (Å²) in [5.74, 6) is -1.88. The van der Waals surface area contributed by atoms with E-state index >= 15 is 0 Å². The number of benzene rings is 2. The molecule has 0 aliphatic carbocycles. The minimum Gasteiger partial charge on any atom is -0.481 e. The number of carbonyl (C=O) groups excluding carboxylic acids is 1. The number of halogens is 2. The van der Waals surface area contributed by atoms with E-state index in [2.05, 4.69) is 10.4 Å². The molecule has 0 saturated carbocycles. The number of amides is 1. The number of nitrogens with one attached hydrogen (secondary N) is 1. The molecule has 6 nitrogen and oxygen atoms in total. The smallest absolute Gasteiger partial charge is 0.224 e. The molecule has 0 spiro atoms. The highest BCUT2D eigenvalue weighted by atomic mass is 19.2. The number of ether oxygens (including phenoxy) is 1. The summed E-state index contributed by atoms with van der Waals surface area (Å²) in [6.45, 7) is 5.91. The number of aryl methyl sites for hydroxylation is 3. The van der Waals surface area contributed by atoms with E-state index in [1.165, 1.54) is 13.2 Å². The fraction of sp³-hybridized carbons (Fsp3) is 0.240. The number of fused-ring (bicyclic) bond motifs is 1. The number of methoxy groups -OCH3 is 1. The van der Waals surface area contributed by atoms with Crippen LogP contribution in [0.4, 0.5) is 14.5 Å². The first-order chi connectivity index (χ1) is 15.8.